The van der Waals surface area contributed by atoms with Crippen molar-refractivity contribution in [3.63, 3.8) is 0 Å². The highest BCUT2D eigenvalue weighted by Crippen LogP contribution is 2.54. The van der Waals surface area contributed by atoms with Gasteiger partial charge in [-0.1, -0.05) is 24.1 Å². The maximum Gasteiger partial charge on any atom is 0.410 e. The number of aromatic nitrogens is 2. The third-order valence-corrected chi connectivity index (χ3v) is 8.37. The van der Waals surface area contributed by atoms with E-state index in [4.69, 9.17) is 21.3 Å². The van der Waals surface area contributed by atoms with Crippen LogP contribution in [0.5, 0.6) is 0 Å². The Bertz CT molecular complexity index is 1430. The number of ether oxygens (including phenoxy) is 1. The second kappa shape index (κ2) is 8.97. The fourth-order valence-electron chi connectivity index (χ4n) is 6.20. The molecule has 38 heavy (non-hydrogen) atoms. The van der Waals surface area contributed by atoms with Crippen molar-refractivity contribution in [3.05, 3.63) is 58.6 Å². The number of nitrogens with zero attached hydrogens (tertiary/aromatic N) is 4. The molecule has 0 atom stereocenters. The number of anilines is 1. The Labute approximate surface area is 226 Å². The van der Waals surface area contributed by atoms with E-state index in [0.29, 0.717) is 23.8 Å². The third kappa shape index (κ3) is 4.13. The van der Waals surface area contributed by atoms with Crippen LogP contribution in [0.1, 0.15) is 70.3 Å². The van der Waals surface area contributed by atoms with E-state index in [1.165, 1.54) is 12.1 Å². The van der Waals surface area contributed by atoms with Crippen LogP contribution < -0.4 is 4.90 Å². The first-order valence-electron chi connectivity index (χ1n) is 13.3. The van der Waals surface area contributed by atoms with Crippen LogP contribution in [0.4, 0.5) is 14.9 Å². The summed E-state index contributed by atoms with van der Waals surface area (Å²) in [5.74, 6) is 0.409. The Kier molecular flexibility index (Phi) is 5.94. The highest BCUT2D eigenvalue weighted by atomic mass is 35.5. The van der Waals surface area contributed by atoms with Crippen LogP contribution in [-0.4, -0.2) is 45.1 Å². The molecule has 2 fully saturated rings. The molecular weight excluding hydrogens is 507 g/mol. The summed E-state index contributed by atoms with van der Waals surface area (Å²) >= 11 is 6.30. The molecule has 1 saturated heterocycles. The lowest BCUT2D eigenvalue weighted by Crippen LogP contribution is -2.45. The summed E-state index contributed by atoms with van der Waals surface area (Å²) in [5.41, 5.74) is 2.17. The number of fused-ring (bicyclic) bond motifs is 3. The normalized spacial score (nSPS) is 19.2. The predicted octanol–water partition coefficient (Wildman–Crippen LogP) is 6.37. The van der Waals surface area contributed by atoms with Gasteiger partial charge in [-0.05, 0) is 82.3 Å². The van der Waals surface area contributed by atoms with Gasteiger partial charge in [0.05, 0.1) is 28.7 Å². The number of imidazole rings is 1. The van der Waals surface area contributed by atoms with E-state index in [1.54, 1.807) is 15.9 Å². The number of piperidine rings is 1. The van der Waals surface area contributed by atoms with E-state index < -0.39 is 11.0 Å². The predicted molar refractivity (Wildman–Crippen MR) is 144 cm³/mol. The zero-order chi connectivity index (χ0) is 26.8. The number of carbonyl (C=O) groups is 2. The summed E-state index contributed by atoms with van der Waals surface area (Å²) in [6, 6.07) is 10.4. The zero-order valence-electron chi connectivity index (χ0n) is 22.0. The van der Waals surface area contributed by atoms with Crippen molar-refractivity contribution in [1.29, 1.82) is 0 Å². The van der Waals surface area contributed by atoms with Gasteiger partial charge in [-0.25, -0.2) is 14.2 Å². The van der Waals surface area contributed by atoms with Crippen molar-refractivity contribution in [2.75, 3.05) is 18.0 Å². The molecule has 1 spiro atoms. The summed E-state index contributed by atoms with van der Waals surface area (Å²) in [6.07, 6.45) is 3.72. The molecule has 2 aliphatic heterocycles. The Morgan fingerprint density at radius 3 is 2.55 bits per heavy atom. The summed E-state index contributed by atoms with van der Waals surface area (Å²) in [6.45, 7) is 6.96. The topological polar surface area (TPSA) is 67.7 Å². The van der Waals surface area contributed by atoms with Gasteiger partial charge in [0.2, 0.25) is 5.91 Å². The number of carbonyl (C=O) groups excluding carboxylic acids is 2. The molecule has 3 heterocycles. The number of likely N-dealkylation sites (tertiary alicyclic amines) is 1. The highest BCUT2D eigenvalue weighted by molar-refractivity contribution is 6.31. The van der Waals surface area contributed by atoms with Gasteiger partial charge in [-0.15, -0.1) is 0 Å². The van der Waals surface area contributed by atoms with Crippen molar-refractivity contribution in [3.8, 4) is 0 Å². The van der Waals surface area contributed by atoms with Crippen LogP contribution in [0.25, 0.3) is 11.0 Å². The van der Waals surface area contributed by atoms with Gasteiger partial charge in [0.25, 0.3) is 0 Å². The van der Waals surface area contributed by atoms with E-state index in [9.17, 15) is 14.0 Å². The van der Waals surface area contributed by atoms with Crippen LogP contribution in [0, 0.1) is 5.82 Å². The van der Waals surface area contributed by atoms with Gasteiger partial charge in [0.15, 0.2) is 0 Å². The summed E-state index contributed by atoms with van der Waals surface area (Å²) < 4.78 is 22.1. The van der Waals surface area contributed by atoms with Crippen LogP contribution in [-0.2, 0) is 21.5 Å². The molecule has 1 aromatic heterocycles. The molecule has 200 valence electrons. The van der Waals surface area contributed by atoms with Gasteiger partial charge in [0.1, 0.15) is 17.2 Å². The first-order valence-corrected chi connectivity index (χ1v) is 13.7. The number of amides is 2. The third-order valence-electron chi connectivity index (χ3n) is 8.13. The number of hydrogen-bond donors (Lipinski definition) is 0. The van der Waals surface area contributed by atoms with Crippen LogP contribution in [0.2, 0.25) is 5.02 Å². The average molecular weight is 539 g/mol. The number of benzene rings is 2. The molecule has 0 unspecified atom stereocenters. The van der Waals surface area contributed by atoms with E-state index in [0.717, 1.165) is 54.5 Å². The molecule has 3 aliphatic rings. The minimum Gasteiger partial charge on any atom is -0.444 e. The van der Waals surface area contributed by atoms with Gasteiger partial charge in [-0.3, -0.25) is 4.79 Å². The molecule has 3 aromatic rings. The van der Waals surface area contributed by atoms with Crippen LogP contribution >= 0.6 is 11.6 Å². The molecule has 0 N–H and O–H groups in total. The van der Waals surface area contributed by atoms with Gasteiger partial charge in [-0.2, -0.15) is 0 Å². The highest BCUT2D eigenvalue weighted by Gasteiger charge is 2.54. The molecule has 1 saturated carbocycles. The first kappa shape index (κ1) is 25.2. The maximum absolute atomic E-state index is 14.3. The van der Waals surface area contributed by atoms with E-state index in [-0.39, 0.29) is 30.4 Å². The van der Waals surface area contributed by atoms with E-state index in [1.807, 2.05) is 39.0 Å². The van der Waals surface area contributed by atoms with E-state index >= 15 is 0 Å². The SMILES string of the molecule is CC(C)(C)OC(=O)N1CCC(n2c(CN3C(=O)C4(CCC4)c4ccc(F)cc43)nc3cc(Cl)ccc32)CC1. The molecule has 0 bridgehead atoms. The number of rotatable bonds is 3. The van der Waals surface area contributed by atoms with Crippen molar-refractivity contribution in [2.45, 2.75) is 76.5 Å². The number of hydrogen-bond acceptors (Lipinski definition) is 4. The van der Waals surface area contributed by atoms with Crippen molar-refractivity contribution in [1.82, 2.24) is 14.5 Å². The lowest BCUT2D eigenvalue weighted by molar-refractivity contribution is -0.126. The molecular formula is C29H32ClFN4O3. The second-order valence-corrected chi connectivity index (χ2v) is 12.2. The molecule has 2 aromatic carbocycles. The van der Waals surface area contributed by atoms with Crippen molar-refractivity contribution in [2.24, 2.45) is 0 Å². The quantitative estimate of drug-likeness (QED) is 0.388. The Balaban J connectivity index is 1.33. The average Bonchev–Trinajstić information content (AvgIpc) is 3.30. The molecule has 7 nitrogen and oxygen atoms in total. The molecule has 1 aliphatic carbocycles. The van der Waals surface area contributed by atoms with Crippen molar-refractivity contribution >= 4 is 40.3 Å². The van der Waals surface area contributed by atoms with Crippen molar-refractivity contribution < 1.29 is 18.7 Å². The summed E-state index contributed by atoms with van der Waals surface area (Å²) in [4.78, 5) is 34.8. The summed E-state index contributed by atoms with van der Waals surface area (Å²) in [5, 5.41) is 0.589. The lowest BCUT2D eigenvalue weighted by Gasteiger charge is -2.37. The smallest absolute Gasteiger partial charge is 0.410 e. The van der Waals surface area contributed by atoms with Gasteiger partial charge < -0.3 is 19.1 Å². The number of halogens is 2. The Morgan fingerprint density at radius 1 is 1.16 bits per heavy atom. The van der Waals surface area contributed by atoms with Crippen LogP contribution in [0.3, 0.4) is 0 Å². The maximum atomic E-state index is 14.3. The molecule has 0 radical (unpaired) electrons. The van der Waals surface area contributed by atoms with E-state index in [2.05, 4.69) is 4.57 Å². The van der Waals surface area contributed by atoms with Crippen LogP contribution in [0.15, 0.2) is 36.4 Å². The van der Waals surface area contributed by atoms with Gasteiger partial charge >= 0.3 is 6.09 Å². The summed E-state index contributed by atoms with van der Waals surface area (Å²) in [7, 11) is 0. The lowest BCUT2D eigenvalue weighted by atomic mass is 9.65. The largest absolute Gasteiger partial charge is 0.444 e. The Morgan fingerprint density at radius 2 is 1.89 bits per heavy atom. The minimum absolute atomic E-state index is 0.0285. The Hall–Kier alpha value is -3.13. The molecule has 2 amide bonds. The standard InChI is InChI=1S/C29H32ClFN4O3/c1-28(2,3)38-27(37)33-13-9-20(10-14-33)35-23-8-5-18(30)15-22(23)32-25(35)17-34-24-16-19(31)6-7-21(24)29(26(34)36)11-4-12-29/h5-8,15-16,20H,4,9-14,17H2,1-3H3. The second-order valence-electron chi connectivity index (χ2n) is 11.7. The fraction of sp³-hybridized carbons (Fsp3) is 0.483. The minimum atomic E-state index is -0.545. The van der Waals surface area contributed by atoms with Gasteiger partial charge in [0, 0.05) is 24.2 Å². The zero-order valence-corrected chi connectivity index (χ0v) is 22.7. The fourth-order valence-corrected chi connectivity index (χ4v) is 6.37. The molecule has 9 heteroatoms. The molecule has 6 rings (SSSR count). The monoisotopic (exact) mass is 538 g/mol. The first-order chi connectivity index (χ1) is 18.1.